The Balaban J connectivity index is 2.59. The minimum atomic E-state index is -2.12. The van der Waals surface area contributed by atoms with Crippen LogP contribution in [0.4, 0.5) is 0 Å². The van der Waals surface area contributed by atoms with Crippen LogP contribution >= 0.6 is 0 Å². The van der Waals surface area contributed by atoms with Gasteiger partial charge in [-0.25, -0.2) is 4.57 Å². The van der Waals surface area contributed by atoms with Crippen molar-refractivity contribution in [1.29, 1.82) is 0 Å². The lowest BCUT2D eigenvalue weighted by molar-refractivity contribution is -0.660. The molecular formula is C20H28N+. The molecule has 112 valence electrons. The van der Waals surface area contributed by atoms with Gasteiger partial charge in [0.1, 0.15) is 7.05 Å². The molecule has 1 aromatic carbocycles. The first-order valence-corrected chi connectivity index (χ1v) is 7.28. The number of aromatic nitrogens is 1. The summed E-state index contributed by atoms with van der Waals surface area (Å²) >= 11 is 0. The largest absolute Gasteiger partial charge is 0.212 e. The Hall–Kier alpha value is -1.63. The summed E-state index contributed by atoms with van der Waals surface area (Å²) in [6.07, 6.45) is 0.389. The monoisotopic (exact) mass is 287 g/mol. The molecule has 2 rings (SSSR count). The van der Waals surface area contributed by atoms with Gasteiger partial charge in [0.15, 0.2) is 6.20 Å². The normalized spacial score (nSPS) is 16.6. The highest BCUT2D eigenvalue weighted by molar-refractivity contribution is 5.62. The van der Waals surface area contributed by atoms with Gasteiger partial charge < -0.3 is 0 Å². The number of pyridine rings is 1. The van der Waals surface area contributed by atoms with E-state index in [9.17, 15) is 0 Å². The number of aryl methyl sites for hydroxylation is 4. The lowest BCUT2D eigenvalue weighted by Crippen LogP contribution is -2.32. The van der Waals surface area contributed by atoms with Crippen LogP contribution in [0.15, 0.2) is 30.5 Å². The maximum atomic E-state index is 8.56. The third-order valence-corrected chi connectivity index (χ3v) is 3.49. The first kappa shape index (κ1) is 10.2. The highest BCUT2D eigenvalue weighted by Crippen LogP contribution is 2.26. The average Bonchev–Trinajstić information content (AvgIpc) is 2.47. The smallest absolute Gasteiger partial charge is 0.201 e. The van der Waals surface area contributed by atoms with Gasteiger partial charge in [0.2, 0.25) is 5.69 Å². The van der Waals surface area contributed by atoms with Crippen molar-refractivity contribution >= 4 is 0 Å². The maximum absolute atomic E-state index is 8.56. The van der Waals surface area contributed by atoms with Crippen LogP contribution in [0.5, 0.6) is 0 Å². The standard InChI is InChI=1S/C20H28N/c1-14-8-9-18(16(3)10-14)19-11-15(2)17(13-21(19)7)12-20(4,5)6/h8-11,13H,12H2,1-7H3/q+1/i1D3,12D2. The van der Waals surface area contributed by atoms with Gasteiger partial charge in [0, 0.05) is 24.0 Å². The Morgan fingerprint density at radius 3 is 2.43 bits per heavy atom. The molecule has 0 atom stereocenters. The molecule has 0 fully saturated rings. The van der Waals surface area contributed by atoms with E-state index in [2.05, 4.69) is 0 Å². The van der Waals surface area contributed by atoms with Gasteiger partial charge in [-0.3, -0.25) is 0 Å². The summed E-state index contributed by atoms with van der Waals surface area (Å²) in [6.45, 7) is 7.42. The van der Waals surface area contributed by atoms with Crippen LogP contribution in [0.2, 0.25) is 0 Å². The fourth-order valence-electron chi connectivity index (χ4n) is 2.50. The molecule has 0 spiro atoms. The molecule has 0 radical (unpaired) electrons. The zero-order valence-corrected chi connectivity index (χ0v) is 13.8. The second kappa shape index (κ2) is 5.63. The summed E-state index contributed by atoms with van der Waals surface area (Å²) in [6, 6.07) is 7.17. The summed E-state index contributed by atoms with van der Waals surface area (Å²) in [5.41, 5.74) is 4.14. The molecule has 21 heavy (non-hydrogen) atoms. The molecular weight excluding hydrogens is 254 g/mol. The Morgan fingerprint density at radius 2 is 1.86 bits per heavy atom. The SMILES string of the molecule is [2H]C([2H])([2H])c1ccc(-c2cc(C)c(C([2H])([2H])C(C)(C)C)c[n+]2C)c(C)c1. The molecule has 1 nitrogen and oxygen atoms in total. The molecule has 0 aliphatic heterocycles. The van der Waals surface area contributed by atoms with Crippen molar-refractivity contribution in [2.24, 2.45) is 12.5 Å². The van der Waals surface area contributed by atoms with Crippen molar-refractivity contribution < 1.29 is 11.4 Å². The first-order chi connectivity index (χ1) is 11.7. The topological polar surface area (TPSA) is 3.88 Å². The molecule has 0 N–H and O–H groups in total. The van der Waals surface area contributed by atoms with Gasteiger partial charge in [0.25, 0.3) is 0 Å². The van der Waals surface area contributed by atoms with Gasteiger partial charge in [-0.1, -0.05) is 38.5 Å². The summed E-state index contributed by atoms with van der Waals surface area (Å²) in [4.78, 5) is 0. The van der Waals surface area contributed by atoms with Crippen LogP contribution in [0.1, 0.15) is 49.9 Å². The first-order valence-electron chi connectivity index (χ1n) is 9.78. The quantitative estimate of drug-likeness (QED) is 0.705. The lowest BCUT2D eigenvalue weighted by atomic mass is 9.87. The maximum Gasteiger partial charge on any atom is 0.212 e. The molecule has 0 unspecified atom stereocenters. The number of nitrogens with zero attached hydrogens (tertiary/aromatic N) is 1. The van der Waals surface area contributed by atoms with Crippen molar-refractivity contribution in [2.45, 2.75) is 47.8 Å². The van der Waals surface area contributed by atoms with Crippen LogP contribution in [0.25, 0.3) is 11.3 Å². The number of rotatable bonds is 2. The fourth-order valence-corrected chi connectivity index (χ4v) is 2.50. The van der Waals surface area contributed by atoms with Crippen LogP contribution in [-0.2, 0) is 13.4 Å². The fraction of sp³-hybridized carbons (Fsp3) is 0.450. The van der Waals surface area contributed by atoms with Crippen molar-refractivity contribution in [2.75, 3.05) is 0 Å². The number of hydrogen-bond donors (Lipinski definition) is 0. The van der Waals surface area contributed by atoms with Gasteiger partial charge in [-0.05, 0) is 49.7 Å². The average molecular weight is 287 g/mol. The van der Waals surface area contributed by atoms with E-state index in [-0.39, 0.29) is 0 Å². The molecule has 0 amide bonds. The second-order valence-electron chi connectivity index (χ2n) is 6.77. The Kier molecular flexibility index (Phi) is 2.72. The predicted molar refractivity (Wildman–Crippen MR) is 90.4 cm³/mol. The van der Waals surface area contributed by atoms with Gasteiger partial charge >= 0.3 is 0 Å². The van der Waals surface area contributed by atoms with Crippen molar-refractivity contribution in [3.63, 3.8) is 0 Å². The molecule has 1 aromatic heterocycles. The van der Waals surface area contributed by atoms with E-state index in [0.717, 1.165) is 22.4 Å². The van der Waals surface area contributed by atoms with E-state index in [1.165, 1.54) is 0 Å². The number of benzene rings is 1. The summed E-state index contributed by atoms with van der Waals surface area (Å²) in [5, 5.41) is 0. The zero-order chi connectivity index (χ0) is 20.1. The van der Waals surface area contributed by atoms with Crippen LogP contribution in [0, 0.1) is 26.1 Å². The summed E-state index contributed by atoms with van der Waals surface area (Å²) in [7, 11) is 1.90. The van der Waals surface area contributed by atoms with E-state index in [1.54, 1.807) is 12.1 Å². The van der Waals surface area contributed by atoms with E-state index >= 15 is 0 Å². The highest BCUT2D eigenvalue weighted by atomic mass is 14.9. The highest BCUT2D eigenvalue weighted by Gasteiger charge is 2.19. The van der Waals surface area contributed by atoms with Crippen LogP contribution < -0.4 is 4.57 Å². The summed E-state index contributed by atoms with van der Waals surface area (Å²) in [5.74, 6) is 0. The van der Waals surface area contributed by atoms with Crippen molar-refractivity contribution in [1.82, 2.24) is 0 Å². The Morgan fingerprint density at radius 1 is 1.14 bits per heavy atom. The molecule has 0 aliphatic rings. The number of hydrogen-bond acceptors (Lipinski definition) is 0. The third-order valence-electron chi connectivity index (χ3n) is 3.49. The van der Waals surface area contributed by atoms with Gasteiger partial charge in [0.05, 0.1) is 0 Å². The molecule has 0 saturated heterocycles. The molecule has 2 aromatic rings. The van der Waals surface area contributed by atoms with E-state index in [4.69, 9.17) is 6.85 Å². The molecule has 1 heteroatoms. The zero-order valence-electron chi connectivity index (χ0n) is 18.8. The van der Waals surface area contributed by atoms with Crippen molar-refractivity contribution in [3.8, 4) is 11.3 Å². The molecule has 1 heterocycles. The Labute approximate surface area is 136 Å². The van der Waals surface area contributed by atoms with Gasteiger partial charge in [-0.15, -0.1) is 0 Å². The van der Waals surface area contributed by atoms with E-state index in [1.807, 2.05) is 64.6 Å². The van der Waals surface area contributed by atoms with E-state index < -0.39 is 18.6 Å². The third kappa shape index (κ3) is 3.72. The minimum absolute atomic E-state index is 0.332. The lowest BCUT2D eigenvalue weighted by Gasteiger charge is -2.19. The van der Waals surface area contributed by atoms with Crippen LogP contribution in [-0.4, -0.2) is 0 Å². The second-order valence-corrected chi connectivity index (χ2v) is 6.77. The Bertz CT molecular complexity index is 829. The van der Waals surface area contributed by atoms with Crippen molar-refractivity contribution in [3.05, 3.63) is 52.7 Å². The van der Waals surface area contributed by atoms with Gasteiger partial charge in [-0.2, -0.15) is 0 Å². The van der Waals surface area contributed by atoms with Crippen LogP contribution in [0.3, 0.4) is 0 Å². The minimum Gasteiger partial charge on any atom is -0.201 e. The van der Waals surface area contributed by atoms with E-state index in [0.29, 0.717) is 11.1 Å². The molecule has 0 bridgehead atoms. The predicted octanol–water partition coefficient (Wildman–Crippen LogP) is 4.69. The summed E-state index contributed by atoms with van der Waals surface area (Å²) < 4.78 is 41.7. The molecule has 0 aliphatic carbocycles. The molecule has 0 saturated carbocycles.